The summed E-state index contributed by atoms with van der Waals surface area (Å²) in [5.41, 5.74) is 2.51. The first-order valence-electron chi connectivity index (χ1n) is 12.2. The Morgan fingerprint density at radius 1 is 1.21 bits per heavy atom. The van der Waals surface area contributed by atoms with Crippen molar-refractivity contribution in [1.82, 2.24) is 9.78 Å². The average molecular weight is 537 g/mol. The lowest BCUT2D eigenvalue weighted by molar-refractivity contribution is -0.137. The molecule has 10 nitrogen and oxygen atoms in total. The van der Waals surface area contributed by atoms with Crippen molar-refractivity contribution in [1.29, 1.82) is 5.26 Å². The van der Waals surface area contributed by atoms with Gasteiger partial charge in [-0.15, -0.1) is 5.10 Å². The molecule has 38 heavy (non-hydrogen) atoms. The van der Waals surface area contributed by atoms with Crippen LogP contribution in [0.15, 0.2) is 53.6 Å². The number of nitriles is 1. The quantitative estimate of drug-likeness (QED) is 0.382. The van der Waals surface area contributed by atoms with Gasteiger partial charge in [0.1, 0.15) is 11.9 Å². The molecule has 0 amide bonds. The van der Waals surface area contributed by atoms with E-state index in [1.807, 2.05) is 31.2 Å². The lowest BCUT2D eigenvalue weighted by atomic mass is 10.1. The normalized spacial score (nSPS) is 15.1. The van der Waals surface area contributed by atoms with Crippen molar-refractivity contribution in [2.24, 2.45) is 0 Å². The Kier molecular flexibility index (Phi) is 8.02. The van der Waals surface area contributed by atoms with Crippen LogP contribution in [0, 0.1) is 11.3 Å². The number of carboxylic acids is 1. The molecule has 1 N–H and O–H groups in total. The molecule has 3 aromatic rings. The molecule has 0 aliphatic carbocycles. The highest BCUT2D eigenvalue weighted by atomic mass is 32.2. The monoisotopic (exact) mass is 536 g/mol. The SMILES string of the molecule is CCOc1nn(CC)cc1S(=O)(=O)N1C[C@H](CCC(=O)O)Oc2ccc(/C=C/c3ccc(C#N)cc3)cc21. The van der Waals surface area contributed by atoms with Crippen molar-refractivity contribution in [3.8, 4) is 17.7 Å². The third-order valence-corrected chi connectivity index (χ3v) is 7.73. The van der Waals surface area contributed by atoms with E-state index in [9.17, 15) is 13.2 Å². The molecule has 2 aromatic carbocycles. The van der Waals surface area contributed by atoms with Crippen LogP contribution in [0.2, 0.25) is 0 Å². The van der Waals surface area contributed by atoms with E-state index in [0.29, 0.717) is 23.5 Å². The Balaban J connectivity index is 1.74. The van der Waals surface area contributed by atoms with Gasteiger partial charge in [-0.3, -0.25) is 13.8 Å². The maximum atomic E-state index is 14.0. The Morgan fingerprint density at radius 2 is 1.92 bits per heavy atom. The van der Waals surface area contributed by atoms with Crippen LogP contribution in [0.25, 0.3) is 12.2 Å². The van der Waals surface area contributed by atoms with Crippen LogP contribution in [-0.2, 0) is 21.4 Å². The van der Waals surface area contributed by atoms with Gasteiger partial charge in [0.2, 0.25) is 0 Å². The van der Waals surface area contributed by atoms with E-state index in [1.165, 1.54) is 15.2 Å². The fourth-order valence-electron chi connectivity index (χ4n) is 4.04. The van der Waals surface area contributed by atoms with Gasteiger partial charge >= 0.3 is 5.97 Å². The molecule has 1 aromatic heterocycles. The number of aryl methyl sites for hydroxylation is 1. The standard InChI is InChI=1S/C27H28N4O6S/c1-3-30-18-25(27(29-30)36-4-2)38(34,35)31-17-22(12-14-26(32)33)37-24-13-11-20(15-23(24)31)8-5-19-6-9-21(16-28)10-7-19/h5-11,13,15,18,22H,3-4,12,14,17H2,1-2H3,(H,32,33)/b8-5+/t22-/m0/s1. The van der Waals surface area contributed by atoms with Gasteiger partial charge in [-0.05, 0) is 55.7 Å². The van der Waals surface area contributed by atoms with Gasteiger partial charge in [0, 0.05) is 19.2 Å². The van der Waals surface area contributed by atoms with Gasteiger partial charge in [-0.25, -0.2) is 8.42 Å². The summed E-state index contributed by atoms with van der Waals surface area (Å²) in [5, 5.41) is 22.4. The molecule has 1 atom stereocenters. The number of aromatic nitrogens is 2. The van der Waals surface area contributed by atoms with Gasteiger partial charge in [-0.2, -0.15) is 5.26 Å². The molecule has 0 unspecified atom stereocenters. The fraction of sp³-hybridized carbons (Fsp3) is 0.296. The Labute approximate surface area is 221 Å². The topological polar surface area (TPSA) is 135 Å². The van der Waals surface area contributed by atoms with Crippen molar-refractivity contribution < 1.29 is 27.8 Å². The maximum absolute atomic E-state index is 14.0. The van der Waals surface area contributed by atoms with Gasteiger partial charge in [-0.1, -0.05) is 30.4 Å². The zero-order valence-corrected chi connectivity index (χ0v) is 21.9. The number of aliphatic carboxylic acids is 1. The predicted octanol–water partition coefficient (Wildman–Crippen LogP) is 4.16. The van der Waals surface area contributed by atoms with E-state index in [-0.39, 0.29) is 36.8 Å². The first-order chi connectivity index (χ1) is 18.2. The number of fused-ring (bicyclic) bond motifs is 1. The van der Waals surface area contributed by atoms with E-state index in [0.717, 1.165) is 11.1 Å². The second-order valence-electron chi connectivity index (χ2n) is 8.59. The van der Waals surface area contributed by atoms with Gasteiger partial charge in [0.05, 0.1) is 30.5 Å². The second-order valence-corrected chi connectivity index (χ2v) is 10.4. The molecule has 0 spiro atoms. The minimum Gasteiger partial charge on any atom is -0.486 e. The van der Waals surface area contributed by atoms with E-state index in [4.69, 9.17) is 19.8 Å². The Bertz CT molecular complexity index is 1490. The maximum Gasteiger partial charge on any atom is 0.303 e. The Hall–Kier alpha value is -4.30. The highest BCUT2D eigenvalue weighted by molar-refractivity contribution is 7.93. The zero-order valence-electron chi connectivity index (χ0n) is 21.1. The minimum atomic E-state index is -4.14. The molecular weight excluding hydrogens is 508 g/mol. The number of ether oxygens (including phenoxy) is 2. The zero-order chi connectivity index (χ0) is 27.3. The highest BCUT2D eigenvalue weighted by Crippen LogP contribution is 2.40. The molecule has 0 bridgehead atoms. The van der Waals surface area contributed by atoms with Crippen molar-refractivity contribution in [3.63, 3.8) is 0 Å². The summed E-state index contributed by atoms with van der Waals surface area (Å²) >= 11 is 0. The van der Waals surface area contributed by atoms with Crippen LogP contribution in [0.5, 0.6) is 11.6 Å². The first-order valence-corrected chi connectivity index (χ1v) is 13.6. The average Bonchev–Trinajstić information content (AvgIpc) is 3.34. The summed E-state index contributed by atoms with van der Waals surface area (Å²) < 4.78 is 42.3. The van der Waals surface area contributed by atoms with Crippen LogP contribution in [0.3, 0.4) is 0 Å². The van der Waals surface area contributed by atoms with E-state index in [1.54, 1.807) is 37.3 Å². The highest BCUT2D eigenvalue weighted by Gasteiger charge is 2.37. The summed E-state index contributed by atoms with van der Waals surface area (Å²) in [6, 6.07) is 14.4. The lowest BCUT2D eigenvalue weighted by Gasteiger charge is -2.35. The van der Waals surface area contributed by atoms with Crippen molar-refractivity contribution in [2.75, 3.05) is 17.5 Å². The predicted molar refractivity (Wildman–Crippen MR) is 141 cm³/mol. The van der Waals surface area contributed by atoms with E-state index < -0.39 is 22.1 Å². The van der Waals surface area contributed by atoms with Crippen LogP contribution in [0.1, 0.15) is 43.4 Å². The number of sulfonamides is 1. The number of benzene rings is 2. The molecule has 11 heteroatoms. The molecule has 198 valence electrons. The molecule has 1 aliphatic rings. The Morgan fingerprint density at radius 3 is 2.58 bits per heavy atom. The largest absolute Gasteiger partial charge is 0.486 e. The summed E-state index contributed by atoms with van der Waals surface area (Å²) in [6.45, 7) is 4.24. The van der Waals surface area contributed by atoms with Crippen molar-refractivity contribution in [2.45, 2.75) is 44.2 Å². The number of nitrogens with zero attached hydrogens (tertiary/aromatic N) is 4. The number of hydrogen-bond donors (Lipinski definition) is 1. The molecule has 0 fully saturated rings. The molecule has 2 heterocycles. The summed E-state index contributed by atoms with van der Waals surface area (Å²) in [5.74, 6) is -0.632. The van der Waals surface area contributed by atoms with Crippen LogP contribution >= 0.6 is 0 Å². The molecule has 0 saturated carbocycles. The molecule has 4 rings (SSSR count). The lowest BCUT2D eigenvalue weighted by Crippen LogP contribution is -2.43. The fourth-order valence-corrected chi connectivity index (χ4v) is 5.61. The van der Waals surface area contributed by atoms with Crippen molar-refractivity contribution in [3.05, 3.63) is 65.4 Å². The van der Waals surface area contributed by atoms with Gasteiger partial charge in [0.25, 0.3) is 15.9 Å². The number of anilines is 1. The smallest absolute Gasteiger partial charge is 0.303 e. The molecule has 1 aliphatic heterocycles. The number of hydrogen-bond acceptors (Lipinski definition) is 7. The van der Waals surface area contributed by atoms with Gasteiger partial charge in [0.15, 0.2) is 4.90 Å². The number of rotatable bonds is 10. The van der Waals surface area contributed by atoms with Crippen LogP contribution in [0.4, 0.5) is 5.69 Å². The first kappa shape index (κ1) is 26.8. The van der Waals surface area contributed by atoms with Gasteiger partial charge < -0.3 is 14.6 Å². The van der Waals surface area contributed by atoms with Crippen LogP contribution < -0.4 is 13.8 Å². The molecular formula is C27H28N4O6S. The minimum absolute atomic E-state index is 0.0151. The third kappa shape index (κ3) is 5.81. The summed E-state index contributed by atoms with van der Waals surface area (Å²) in [4.78, 5) is 11.1. The summed E-state index contributed by atoms with van der Waals surface area (Å²) in [6.07, 6.45) is 4.48. The molecule has 0 radical (unpaired) electrons. The number of carbonyl (C=O) groups is 1. The summed E-state index contributed by atoms with van der Waals surface area (Å²) in [7, 11) is -4.14. The van der Waals surface area contributed by atoms with E-state index in [2.05, 4.69) is 11.2 Å². The van der Waals surface area contributed by atoms with Crippen LogP contribution in [-0.4, -0.2) is 48.5 Å². The third-order valence-electron chi connectivity index (χ3n) is 5.97. The van der Waals surface area contributed by atoms with Crippen molar-refractivity contribution >= 4 is 33.8 Å². The number of carboxylic acid groups (broad SMARTS) is 1. The second kappa shape index (κ2) is 11.4. The molecule has 0 saturated heterocycles. The van der Waals surface area contributed by atoms with E-state index >= 15 is 0 Å².